The van der Waals surface area contributed by atoms with Gasteiger partial charge in [0.25, 0.3) is 5.69 Å². The van der Waals surface area contributed by atoms with Crippen molar-refractivity contribution in [2.45, 2.75) is 20.1 Å². The largest absolute Gasteiger partial charge is 0.490 e. The average molecular weight is 525 g/mol. The number of hydrogen-bond acceptors (Lipinski definition) is 6. The molecule has 0 fully saturated rings. The van der Waals surface area contributed by atoms with E-state index in [0.717, 1.165) is 11.1 Å². The summed E-state index contributed by atoms with van der Waals surface area (Å²) in [7, 11) is 0. The van der Waals surface area contributed by atoms with E-state index >= 15 is 0 Å². The third-order valence-electron chi connectivity index (χ3n) is 4.78. The van der Waals surface area contributed by atoms with Gasteiger partial charge in [-0.05, 0) is 48.4 Å². The first-order valence-electron chi connectivity index (χ1n) is 10.6. The summed E-state index contributed by atoms with van der Waals surface area (Å²) in [5.41, 5.74) is 2.50. The Labute approximate surface area is 213 Å². The fraction of sp³-hybridized carbons (Fsp3) is 0.250. The van der Waals surface area contributed by atoms with Gasteiger partial charge < -0.3 is 20.1 Å². The van der Waals surface area contributed by atoms with E-state index in [2.05, 4.69) is 10.6 Å². The lowest BCUT2D eigenvalue weighted by Crippen LogP contribution is -2.22. The zero-order chi connectivity index (χ0) is 24.5. The number of nitro benzene ring substituents is 1. The Morgan fingerprint density at radius 2 is 1.68 bits per heavy atom. The fourth-order valence-electron chi connectivity index (χ4n) is 3.14. The summed E-state index contributed by atoms with van der Waals surface area (Å²) in [6.45, 7) is 4.48. The second-order valence-corrected chi connectivity index (χ2v) is 8.53. The molecule has 3 aromatic carbocycles. The molecule has 2 N–H and O–H groups in total. The standard InChI is InChI=1S/C24H24Cl3N3O4/c1-2-33-23-12-17(11-21(27)24(23)34-15-16-3-5-18(25)6-4-16)14-28-9-10-29-22-8-7-19(30(31)32)13-20(22)26/h3-8,11-13,28-29H,2,9-10,14-15H2,1H3. The van der Waals surface area contributed by atoms with Gasteiger partial charge in [-0.15, -0.1) is 0 Å². The Morgan fingerprint density at radius 3 is 2.35 bits per heavy atom. The third kappa shape index (κ3) is 7.40. The van der Waals surface area contributed by atoms with E-state index in [4.69, 9.17) is 44.3 Å². The van der Waals surface area contributed by atoms with Crippen molar-refractivity contribution in [2.24, 2.45) is 0 Å². The van der Waals surface area contributed by atoms with E-state index in [9.17, 15) is 10.1 Å². The van der Waals surface area contributed by atoms with Crippen LogP contribution in [-0.2, 0) is 13.2 Å². The van der Waals surface area contributed by atoms with Gasteiger partial charge in [0.1, 0.15) is 6.61 Å². The van der Waals surface area contributed by atoms with Crippen LogP contribution in [0.1, 0.15) is 18.1 Å². The van der Waals surface area contributed by atoms with Gasteiger partial charge in [-0.25, -0.2) is 0 Å². The molecule has 34 heavy (non-hydrogen) atoms. The zero-order valence-corrected chi connectivity index (χ0v) is 20.7. The highest BCUT2D eigenvalue weighted by Gasteiger charge is 2.13. The number of benzene rings is 3. The minimum Gasteiger partial charge on any atom is -0.490 e. The van der Waals surface area contributed by atoms with Crippen LogP contribution in [-0.4, -0.2) is 24.6 Å². The van der Waals surface area contributed by atoms with Crippen LogP contribution in [0.5, 0.6) is 11.5 Å². The highest BCUT2D eigenvalue weighted by molar-refractivity contribution is 6.33. The number of anilines is 1. The molecule has 3 aromatic rings. The van der Waals surface area contributed by atoms with Crippen molar-refractivity contribution in [3.05, 3.63) is 90.9 Å². The first-order chi connectivity index (χ1) is 16.4. The van der Waals surface area contributed by atoms with Crippen molar-refractivity contribution >= 4 is 46.2 Å². The number of ether oxygens (including phenoxy) is 2. The molecule has 0 saturated carbocycles. The first-order valence-corrected chi connectivity index (χ1v) is 11.7. The molecule has 0 aliphatic rings. The van der Waals surface area contributed by atoms with Crippen LogP contribution in [0.25, 0.3) is 0 Å². The number of hydrogen-bond donors (Lipinski definition) is 2. The minimum atomic E-state index is -0.479. The molecule has 7 nitrogen and oxygen atoms in total. The van der Waals surface area contributed by atoms with Crippen LogP contribution in [0.15, 0.2) is 54.6 Å². The second kappa shape index (κ2) is 12.7. The van der Waals surface area contributed by atoms with Gasteiger partial charge in [0.2, 0.25) is 0 Å². The topological polar surface area (TPSA) is 85.7 Å². The molecule has 0 aliphatic heterocycles. The van der Waals surface area contributed by atoms with E-state index in [1.165, 1.54) is 12.1 Å². The van der Waals surface area contributed by atoms with Gasteiger partial charge in [0.15, 0.2) is 11.5 Å². The van der Waals surface area contributed by atoms with E-state index < -0.39 is 4.92 Å². The molecule has 10 heteroatoms. The molecule has 0 amide bonds. The SMILES string of the molecule is CCOc1cc(CNCCNc2ccc([N+](=O)[O-])cc2Cl)cc(Cl)c1OCc1ccc(Cl)cc1. The summed E-state index contributed by atoms with van der Waals surface area (Å²) in [6, 6.07) is 15.5. The smallest absolute Gasteiger partial charge is 0.271 e. The third-order valence-corrected chi connectivity index (χ3v) is 5.62. The monoisotopic (exact) mass is 523 g/mol. The summed E-state index contributed by atoms with van der Waals surface area (Å²) < 4.78 is 11.7. The van der Waals surface area contributed by atoms with Crippen LogP contribution in [0.2, 0.25) is 15.1 Å². The molecule has 0 unspecified atom stereocenters. The molecule has 0 bridgehead atoms. The van der Waals surface area contributed by atoms with Gasteiger partial charge >= 0.3 is 0 Å². The van der Waals surface area contributed by atoms with Crippen molar-refractivity contribution in [2.75, 3.05) is 25.0 Å². The van der Waals surface area contributed by atoms with Gasteiger partial charge in [-0.3, -0.25) is 10.1 Å². The lowest BCUT2D eigenvalue weighted by Gasteiger charge is -2.16. The van der Waals surface area contributed by atoms with Crippen molar-refractivity contribution in [1.29, 1.82) is 0 Å². The van der Waals surface area contributed by atoms with Gasteiger partial charge in [0.05, 0.1) is 27.3 Å². The Bertz CT molecular complexity index is 1130. The maximum absolute atomic E-state index is 10.8. The fourth-order valence-corrected chi connectivity index (χ4v) is 3.80. The molecule has 0 aromatic heterocycles. The lowest BCUT2D eigenvalue weighted by molar-refractivity contribution is -0.384. The lowest BCUT2D eigenvalue weighted by atomic mass is 10.2. The van der Waals surface area contributed by atoms with E-state index in [1.807, 2.05) is 43.3 Å². The number of nitro groups is 1. The molecule has 0 atom stereocenters. The normalized spacial score (nSPS) is 10.7. The van der Waals surface area contributed by atoms with E-state index in [1.54, 1.807) is 6.07 Å². The number of rotatable bonds is 12. The predicted octanol–water partition coefficient (Wildman–Crippen LogP) is 6.73. The van der Waals surface area contributed by atoms with Gasteiger partial charge in [-0.2, -0.15) is 0 Å². The zero-order valence-electron chi connectivity index (χ0n) is 18.4. The average Bonchev–Trinajstić information content (AvgIpc) is 2.80. The molecular formula is C24H24Cl3N3O4. The predicted molar refractivity (Wildman–Crippen MR) is 137 cm³/mol. The highest BCUT2D eigenvalue weighted by Crippen LogP contribution is 2.37. The van der Waals surface area contributed by atoms with Gasteiger partial charge in [0, 0.05) is 36.8 Å². The Kier molecular flexibility index (Phi) is 9.65. The summed E-state index contributed by atoms with van der Waals surface area (Å²) in [5.74, 6) is 1.08. The molecule has 0 aliphatic carbocycles. The number of nitrogens with zero attached hydrogens (tertiary/aromatic N) is 1. The molecule has 0 saturated heterocycles. The van der Waals surface area contributed by atoms with Crippen LogP contribution in [0.3, 0.4) is 0 Å². The minimum absolute atomic E-state index is 0.0451. The van der Waals surface area contributed by atoms with E-state index in [0.29, 0.717) is 65.1 Å². The summed E-state index contributed by atoms with van der Waals surface area (Å²) in [4.78, 5) is 10.3. The van der Waals surface area contributed by atoms with Crippen LogP contribution < -0.4 is 20.1 Å². The van der Waals surface area contributed by atoms with Crippen molar-refractivity contribution in [3.63, 3.8) is 0 Å². The Morgan fingerprint density at radius 1 is 0.912 bits per heavy atom. The number of nitrogens with one attached hydrogen (secondary N) is 2. The second-order valence-electron chi connectivity index (χ2n) is 7.28. The molecule has 3 rings (SSSR count). The number of halogens is 3. The quantitative estimate of drug-likeness (QED) is 0.155. The van der Waals surface area contributed by atoms with Gasteiger partial charge in [-0.1, -0.05) is 46.9 Å². The highest BCUT2D eigenvalue weighted by atomic mass is 35.5. The van der Waals surface area contributed by atoms with Crippen LogP contribution in [0.4, 0.5) is 11.4 Å². The van der Waals surface area contributed by atoms with Crippen molar-refractivity contribution in [1.82, 2.24) is 5.32 Å². The molecule has 0 heterocycles. The molecule has 0 spiro atoms. The number of non-ortho nitro benzene ring substituents is 1. The van der Waals surface area contributed by atoms with E-state index in [-0.39, 0.29) is 5.69 Å². The van der Waals surface area contributed by atoms with Crippen molar-refractivity contribution in [3.8, 4) is 11.5 Å². The summed E-state index contributed by atoms with van der Waals surface area (Å²) in [5, 5.41) is 18.7. The summed E-state index contributed by atoms with van der Waals surface area (Å²) >= 11 is 18.5. The first kappa shape index (κ1) is 25.9. The van der Waals surface area contributed by atoms with Crippen molar-refractivity contribution < 1.29 is 14.4 Å². The van der Waals surface area contributed by atoms with Crippen LogP contribution >= 0.6 is 34.8 Å². The molecular weight excluding hydrogens is 501 g/mol. The van der Waals surface area contributed by atoms with Crippen LogP contribution in [0, 0.1) is 10.1 Å². The molecule has 180 valence electrons. The Hall–Kier alpha value is -2.71. The molecule has 0 radical (unpaired) electrons. The maximum atomic E-state index is 10.8. The Balaban J connectivity index is 1.54. The maximum Gasteiger partial charge on any atom is 0.271 e. The summed E-state index contributed by atoms with van der Waals surface area (Å²) in [6.07, 6.45) is 0.